The minimum absolute atomic E-state index is 0.0344. The lowest BCUT2D eigenvalue weighted by molar-refractivity contribution is 0.0968. The van der Waals surface area contributed by atoms with E-state index in [0.717, 1.165) is 0 Å². The molecular formula is C25H12Cl2O4. The predicted molar refractivity (Wildman–Crippen MR) is 117 cm³/mol. The Hall–Kier alpha value is -3.47. The SMILES string of the molecule is O=C(c1ccccc1)c1oc(-c2ccc(Cl)cc2Cl)c2c1C(=O)c1ccccc1C2=O. The topological polar surface area (TPSA) is 64.3 Å². The maximum absolute atomic E-state index is 13.4. The fourth-order valence-electron chi connectivity index (χ4n) is 3.76. The van der Waals surface area contributed by atoms with Gasteiger partial charge in [0, 0.05) is 27.3 Å². The Morgan fingerprint density at radius 3 is 1.97 bits per heavy atom. The van der Waals surface area contributed by atoms with Gasteiger partial charge in [0.1, 0.15) is 5.76 Å². The molecule has 0 unspecified atom stereocenters. The molecule has 0 N–H and O–H groups in total. The van der Waals surface area contributed by atoms with E-state index < -0.39 is 17.3 Å². The van der Waals surface area contributed by atoms with E-state index in [0.29, 0.717) is 16.1 Å². The van der Waals surface area contributed by atoms with E-state index in [1.807, 2.05) is 0 Å². The molecule has 0 aliphatic heterocycles. The van der Waals surface area contributed by atoms with E-state index in [1.54, 1.807) is 66.7 Å². The first-order chi connectivity index (χ1) is 15.0. The molecule has 1 aliphatic carbocycles. The Morgan fingerprint density at radius 1 is 0.710 bits per heavy atom. The number of hydrogen-bond acceptors (Lipinski definition) is 4. The van der Waals surface area contributed by atoms with Gasteiger partial charge in [-0.1, -0.05) is 77.8 Å². The molecular weight excluding hydrogens is 435 g/mol. The number of hydrogen-bond donors (Lipinski definition) is 0. The minimum Gasteiger partial charge on any atom is -0.451 e. The lowest BCUT2D eigenvalue weighted by Gasteiger charge is -2.15. The highest BCUT2D eigenvalue weighted by molar-refractivity contribution is 6.37. The summed E-state index contributed by atoms with van der Waals surface area (Å²) in [6.07, 6.45) is 0. The van der Waals surface area contributed by atoms with Crippen molar-refractivity contribution in [3.05, 3.63) is 116 Å². The molecule has 0 atom stereocenters. The number of furan rings is 1. The van der Waals surface area contributed by atoms with Crippen LogP contribution in [0, 0.1) is 0 Å². The molecule has 0 radical (unpaired) electrons. The molecule has 6 heteroatoms. The van der Waals surface area contributed by atoms with Gasteiger partial charge in [0.05, 0.1) is 16.1 Å². The smallest absolute Gasteiger partial charge is 0.229 e. The third-order valence-corrected chi connectivity index (χ3v) is 5.74. The predicted octanol–water partition coefficient (Wildman–Crippen LogP) is 6.26. The van der Waals surface area contributed by atoms with Crippen LogP contribution in [0.2, 0.25) is 10.0 Å². The molecule has 4 aromatic rings. The molecule has 4 nitrogen and oxygen atoms in total. The number of benzene rings is 3. The van der Waals surface area contributed by atoms with Crippen LogP contribution < -0.4 is 0 Å². The summed E-state index contributed by atoms with van der Waals surface area (Å²) in [5.41, 5.74) is 1.19. The average molecular weight is 447 g/mol. The quantitative estimate of drug-likeness (QED) is 0.306. The second-order valence-electron chi connectivity index (χ2n) is 7.03. The fourth-order valence-corrected chi connectivity index (χ4v) is 4.25. The van der Waals surface area contributed by atoms with Crippen LogP contribution in [0.25, 0.3) is 11.3 Å². The van der Waals surface area contributed by atoms with Crippen molar-refractivity contribution in [3.63, 3.8) is 0 Å². The maximum atomic E-state index is 13.4. The fraction of sp³-hybridized carbons (Fsp3) is 0. The van der Waals surface area contributed by atoms with E-state index in [9.17, 15) is 14.4 Å². The molecule has 0 saturated carbocycles. The highest BCUT2D eigenvalue weighted by Crippen LogP contribution is 2.42. The van der Waals surface area contributed by atoms with Crippen LogP contribution in [0.15, 0.2) is 77.2 Å². The largest absolute Gasteiger partial charge is 0.451 e. The third kappa shape index (κ3) is 3.03. The average Bonchev–Trinajstić information content (AvgIpc) is 3.18. The summed E-state index contributed by atoms with van der Waals surface area (Å²) in [6.45, 7) is 0. The molecule has 31 heavy (non-hydrogen) atoms. The Labute approximate surface area is 187 Å². The van der Waals surface area contributed by atoms with Crippen LogP contribution in [0.4, 0.5) is 0 Å². The molecule has 0 spiro atoms. The molecule has 0 saturated heterocycles. The van der Waals surface area contributed by atoms with Crippen molar-refractivity contribution in [2.45, 2.75) is 0 Å². The van der Waals surface area contributed by atoms with Gasteiger partial charge in [-0.05, 0) is 18.2 Å². The Morgan fingerprint density at radius 2 is 1.32 bits per heavy atom. The van der Waals surface area contributed by atoms with Crippen molar-refractivity contribution in [2.75, 3.05) is 0 Å². The van der Waals surface area contributed by atoms with E-state index in [4.69, 9.17) is 27.6 Å². The first kappa shape index (κ1) is 19.5. The molecule has 1 aliphatic rings. The summed E-state index contributed by atoms with van der Waals surface area (Å²) in [5.74, 6) is -1.45. The van der Waals surface area contributed by atoms with Crippen molar-refractivity contribution in [2.24, 2.45) is 0 Å². The zero-order chi connectivity index (χ0) is 21.7. The molecule has 1 aromatic heterocycles. The Balaban J connectivity index is 1.82. The van der Waals surface area contributed by atoms with Crippen LogP contribution in [0.3, 0.4) is 0 Å². The Bertz CT molecular complexity index is 1400. The van der Waals surface area contributed by atoms with Crippen molar-refractivity contribution < 1.29 is 18.8 Å². The summed E-state index contributed by atoms with van der Waals surface area (Å²) in [5, 5.41) is 0.643. The lowest BCUT2D eigenvalue weighted by atomic mass is 9.82. The number of fused-ring (bicyclic) bond motifs is 2. The van der Waals surface area contributed by atoms with Gasteiger partial charge in [-0.3, -0.25) is 14.4 Å². The van der Waals surface area contributed by atoms with Gasteiger partial charge >= 0.3 is 0 Å². The van der Waals surface area contributed by atoms with Crippen LogP contribution in [0.1, 0.15) is 48.0 Å². The van der Waals surface area contributed by atoms with E-state index in [-0.39, 0.29) is 38.8 Å². The minimum atomic E-state index is -0.492. The number of halogens is 2. The molecule has 150 valence electrons. The Kier molecular flexibility index (Phi) is 4.62. The first-order valence-corrected chi connectivity index (χ1v) is 10.1. The second-order valence-corrected chi connectivity index (χ2v) is 7.88. The van der Waals surface area contributed by atoms with Crippen LogP contribution in [-0.4, -0.2) is 17.3 Å². The van der Waals surface area contributed by atoms with Gasteiger partial charge < -0.3 is 4.42 Å². The molecule has 0 fully saturated rings. The molecule has 3 aromatic carbocycles. The van der Waals surface area contributed by atoms with Crippen molar-refractivity contribution in [3.8, 4) is 11.3 Å². The van der Waals surface area contributed by atoms with Crippen molar-refractivity contribution in [1.82, 2.24) is 0 Å². The summed E-state index contributed by atoms with van der Waals surface area (Å²) in [4.78, 5) is 40.0. The van der Waals surface area contributed by atoms with Gasteiger partial charge in [-0.25, -0.2) is 0 Å². The highest BCUT2D eigenvalue weighted by atomic mass is 35.5. The molecule has 0 bridgehead atoms. The molecule has 0 amide bonds. The zero-order valence-corrected chi connectivity index (χ0v) is 17.3. The number of rotatable bonds is 3. The number of carbonyl (C=O) groups is 3. The highest BCUT2D eigenvalue weighted by Gasteiger charge is 2.40. The van der Waals surface area contributed by atoms with E-state index in [1.165, 1.54) is 6.07 Å². The molecule has 1 heterocycles. The number of carbonyl (C=O) groups excluding carboxylic acids is 3. The third-order valence-electron chi connectivity index (χ3n) is 5.20. The summed E-state index contributed by atoms with van der Waals surface area (Å²) < 4.78 is 5.94. The van der Waals surface area contributed by atoms with Gasteiger partial charge in [-0.2, -0.15) is 0 Å². The van der Waals surface area contributed by atoms with Gasteiger partial charge in [0.15, 0.2) is 17.3 Å². The van der Waals surface area contributed by atoms with E-state index in [2.05, 4.69) is 0 Å². The monoisotopic (exact) mass is 446 g/mol. The van der Waals surface area contributed by atoms with Gasteiger partial charge in [-0.15, -0.1) is 0 Å². The maximum Gasteiger partial charge on any atom is 0.229 e. The van der Waals surface area contributed by atoms with Crippen molar-refractivity contribution >= 4 is 40.6 Å². The normalized spacial score (nSPS) is 12.5. The summed E-state index contributed by atoms with van der Waals surface area (Å²) in [7, 11) is 0. The number of ketones is 3. The standard InChI is InChI=1S/C25H12Cl2O4/c26-14-10-11-17(18(27)12-14)24-19-20(23(30)16-9-5-4-8-15(16)22(19)29)25(31-24)21(28)13-6-2-1-3-7-13/h1-12H. The summed E-state index contributed by atoms with van der Waals surface area (Å²) >= 11 is 12.4. The van der Waals surface area contributed by atoms with Crippen molar-refractivity contribution in [1.29, 1.82) is 0 Å². The molecule has 5 rings (SSSR count). The first-order valence-electron chi connectivity index (χ1n) is 9.37. The van der Waals surface area contributed by atoms with Crippen LogP contribution in [-0.2, 0) is 0 Å². The summed E-state index contributed by atoms with van der Waals surface area (Å²) in [6, 6.07) is 19.6. The van der Waals surface area contributed by atoms with Crippen LogP contribution >= 0.6 is 23.2 Å². The zero-order valence-electron chi connectivity index (χ0n) is 15.8. The van der Waals surface area contributed by atoms with E-state index >= 15 is 0 Å². The van der Waals surface area contributed by atoms with Gasteiger partial charge in [0.2, 0.25) is 5.78 Å². The van der Waals surface area contributed by atoms with Gasteiger partial charge in [0.25, 0.3) is 0 Å². The van der Waals surface area contributed by atoms with Crippen LogP contribution in [0.5, 0.6) is 0 Å². The lowest BCUT2D eigenvalue weighted by Crippen LogP contribution is -2.22. The second kappa shape index (κ2) is 7.34.